The number of hydrogen-bond donors (Lipinski definition) is 3. The van der Waals surface area contributed by atoms with Crippen LogP contribution in [0.1, 0.15) is 50.1 Å². The zero-order chi connectivity index (χ0) is 43.2. The number of benzene rings is 3. The number of carboxylic acids is 1. The van der Waals surface area contributed by atoms with Gasteiger partial charge in [0.2, 0.25) is 5.91 Å². The molecule has 15 heteroatoms. The molecule has 0 aliphatic carbocycles. The molecule has 1 heterocycles. The maximum atomic E-state index is 15.3. The molecule has 2 unspecified atom stereocenters. The molecule has 0 bridgehead atoms. The Morgan fingerprint density at radius 3 is 2.19 bits per heavy atom. The number of ether oxygens (including phenoxy) is 2. The first-order chi connectivity index (χ1) is 27.9. The highest BCUT2D eigenvalue weighted by Crippen LogP contribution is 2.41. The van der Waals surface area contributed by atoms with Gasteiger partial charge in [-0.05, 0) is 53.3 Å². The van der Waals surface area contributed by atoms with Crippen molar-refractivity contribution in [1.82, 2.24) is 20.1 Å². The van der Waals surface area contributed by atoms with Gasteiger partial charge in [0.25, 0.3) is 0 Å². The largest absolute Gasteiger partial charge is 0.480 e. The van der Waals surface area contributed by atoms with E-state index in [0.717, 1.165) is 47.1 Å². The summed E-state index contributed by atoms with van der Waals surface area (Å²) in [5.74, 6) is -3.08. The summed E-state index contributed by atoms with van der Waals surface area (Å²) in [6.45, 7) is 13.5. The summed E-state index contributed by atoms with van der Waals surface area (Å²) in [7, 11) is -1.41. The summed E-state index contributed by atoms with van der Waals surface area (Å²) in [6, 6.07) is 22.5. The van der Waals surface area contributed by atoms with E-state index in [9.17, 15) is 28.7 Å². The van der Waals surface area contributed by atoms with Crippen molar-refractivity contribution in [2.45, 2.75) is 78.1 Å². The predicted molar refractivity (Wildman–Crippen MR) is 230 cm³/mol. The molecule has 3 N–H and O–H groups in total. The molecule has 59 heavy (non-hydrogen) atoms. The standard InChI is InChI=1S/C44H56F2N4O7SSi/c1-44(2,3)40(38-24-33(35-25-34(45)18-19-36(35)46)27-49(38)26-31-14-9-7-10-15-31)50(21-13-20-47-42(54)56-22-23-59(4,5)6)39(51)30-58-29-37(41(52)53)48-43(55)57-28-32-16-11-8-12-17-32/h7-12,14-19,24-25,27,37,40H,13,20-23,26,28-30H2,1-6H3,(H,47,54)(H,48,55)(H,52,53). The number of carboxylic acid groups (broad SMARTS) is 1. The Morgan fingerprint density at radius 1 is 0.898 bits per heavy atom. The quantitative estimate of drug-likeness (QED) is 0.0592. The fourth-order valence-corrected chi connectivity index (χ4v) is 8.01. The molecule has 4 aromatic rings. The number of nitrogens with one attached hydrogen (secondary N) is 2. The first-order valence-corrected chi connectivity index (χ1v) is 24.4. The number of amides is 3. The Morgan fingerprint density at radius 2 is 1.56 bits per heavy atom. The normalized spacial score (nSPS) is 12.6. The SMILES string of the molecule is CC(C)(C)C(c1cc(-c2cc(F)ccc2F)cn1Cc1ccccc1)N(CCCNC(=O)OCC[Si](C)(C)C)C(=O)CSCC(NC(=O)OCc1ccccc1)C(=O)O. The first-order valence-electron chi connectivity index (χ1n) is 19.6. The monoisotopic (exact) mass is 850 g/mol. The molecule has 3 aromatic carbocycles. The van der Waals surface area contributed by atoms with Crippen LogP contribution in [0.15, 0.2) is 91.1 Å². The van der Waals surface area contributed by atoms with Crippen molar-refractivity contribution < 1.29 is 42.5 Å². The fourth-order valence-electron chi connectivity index (χ4n) is 6.38. The molecule has 11 nitrogen and oxygen atoms in total. The number of halogens is 2. The van der Waals surface area contributed by atoms with Gasteiger partial charge in [0.05, 0.1) is 18.4 Å². The van der Waals surface area contributed by atoms with Gasteiger partial charge in [-0.25, -0.2) is 23.2 Å². The van der Waals surface area contributed by atoms with Crippen molar-refractivity contribution in [1.29, 1.82) is 0 Å². The molecule has 0 aliphatic heterocycles. The summed E-state index contributed by atoms with van der Waals surface area (Å²) in [5, 5.41) is 15.1. The maximum Gasteiger partial charge on any atom is 0.408 e. The lowest BCUT2D eigenvalue weighted by Crippen LogP contribution is -2.45. The number of hydrogen-bond acceptors (Lipinski definition) is 7. The van der Waals surface area contributed by atoms with E-state index in [0.29, 0.717) is 30.8 Å². The van der Waals surface area contributed by atoms with Gasteiger partial charge in [0, 0.05) is 56.5 Å². The fraction of sp³-hybridized carbons (Fsp3) is 0.409. The van der Waals surface area contributed by atoms with E-state index >= 15 is 4.39 Å². The van der Waals surface area contributed by atoms with Gasteiger partial charge in [-0.1, -0.05) is 101 Å². The van der Waals surface area contributed by atoms with Gasteiger partial charge in [0.15, 0.2) is 0 Å². The third-order valence-electron chi connectivity index (χ3n) is 9.34. The average molecular weight is 851 g/mol. The van der Waals surface area contributed by atoms with Gasteiger partial charge in [-0.2, -0.15) is 0 Å². The second-order valence-corrected chi connectivity index (χ2v) is 23.2. The lowest BCUT2D eigenvalue weighted by Gasteiger charge is -2.41. The molecule has 0 saturated heterocycles. The van der Waals surface area contributed by atoms with Crippen LogP contribution >= 0.6 is 11.8 Å². The highest BCUT2D eigenvalue weighted by atomic mass is 32.2. The molecule has 0 spiro atoms. The molecule has 1 aromatic heterocycles. The van der Waals surface area contributed by atoms with Crippen LogP contribution in [0.5, 0.6) is 0 Å². The zero-order valence-corrected chi connectivity index (χ0v) is 36.5. The Labute approximate surface area is 350 Å². The molecule has 0 saturated carbocycles. The number of rotatable bonds is 20. The predicted octanol–water partition coefficient (Wildman–Crippen LogP) is 8.96. The number of thioether (sulfide) groups is 1. The van der Waals surface area contributed by atoms with Crippen molar-refractivity contribution in [3.63, 3.8) is 0 Å². The van der Waals surface area contributed by atoms with Crippen LogP contribution in [0.3, 0.4) is 0 Å². The molecule has 2 atom stereocenters. The molecule has 3 amide bonds. The summed E-state index contributed by atoms with van der Waals surface area (Å²) in [6.07, 6.45) is 0.661. The van der Waals surface area contributed by atoms with Crippen molar-refractivity contribution in [3.05, 3.63) is 120 Å². The van der Waals surface area contributed by atoms with Gasteiger partial charge >= 0.3 is 18.2 Å². The minimum Gasteiger partial charge on any atom is -0.480 e. The third-order valence-corrected chi connectivity index (χ3v) is 12.1. The van der Waals surface area contributed by atoms with E-state index in [4.69, 9.17) is 9.47 Å². The smallest absolute Gasteiger partial charge is 0.408 e. The van der Waals surface area contributed by atoms with Crippen LogP contribution < -0.4 is 10.6 Å². The van der Waals surface area contributed by atoms with E-state index in [2.05, 4.69) is 30.3 Å². The van der Waals surface area contributed by atoms with Crippen LogP contribution in [-0.4, -0.2) is 84.0 Å². The third kappa shape index (κ3) is 15.2. The number of alkyl carbamates (subject to hydrolysis) is 2. The molecule has 4 rings (SSSR count). The summed E-state index contributed by atoms with van der Waals surface area (Å²) in [4.78, 5) is 53.4. The molecule has 318 valence electrons. The van der Waals surface area contributed by atoms with E-state index in [1.54, 1.807) is 41.4 Å². The number of aromatic nitrogens is 1. The van der Waals surface area contributed by atoms with Crippen molar-refractivity contribution in [3.8, 4) is 11.1 Å². The topological polar surface area (TPSA) is 139 Å². The van der Waals surface area contributed by atoms with Gasteiger partial charge in [-0.3, -0.25) is 4.79 Å². The average Bonchev–Trinajstić information content (AvgIpc) is 3.57. The molecule has 0 radical (unpaired) electrons. The Balaban J connectivity index is 1.61. The van der Waals surface area contributed by atoms with E-state index in [1.807, 2.05) is 61.7 Å². The molecular weight excluding hydrogens is 795 g/mol. The first kappa shape index (κ1) is 46.5. The van der Waals surface area contributed by atoms with Crippen LogP contribution in [0.4, 0.5) is 18.4 Å². The lowest BCUT2D eigenvalue weighted by molar-refractivity contribution is -0.138. The number of aliphatic carboxylic acids is 1. The van der Waals surface area contributed by atoms with Crippen LogP contribution in [0, 0.1) is 17.0 Å². The second kappa shape index (κ2) is 21.7. The van der Waals surface area contributed by atoms with Crippen molar-refractivity contribution in [2.24, 2.45) is 5.41 Å². The van der Waals surface area contributed by atoms with E-state index in [1.165, 1.54) is 0 Å². The lowest BCUT2D eigenvalue weighted by atomic mass is 9.83. The van der Waals surface area contributed by atoms with E-state index in [-0.39, 0.29) is 42.7 Å². The maximum absolute atomic E-state index is 15.3. The highest BCUT2D eigenvalue weighted by molar-refractivity contribution is 8.00. The molecular formula is C44H56F2N4O7SSi. The summed E-state index contributed by atoms with van der Waals surface area (Å²) in [5.41, 5.74) is 2.24. The Hall–Kier alpha value is -5.15. The van der Waals surface area contributed by atoms with Gasteiger partial charge < -0.3 is 34.7 Å². The van der Waals surface area contributed by atoms with Gasteiger partial charge in [0.1, 0.15) is 24.3 Å². The second-order valence-electron chi connectivity index (χ2n) is 16.6. The summed E-state index contributed by atoms with van der Waals surface area (Å²) >= 11 is 1.05. The minimum atomic E-state index is -1.41. The Kier molecular flexibility index (Phi) is 17.1. The molecule has 0 fully saturated rings. The number of carbonyl (C=O) groups excluding carboxylic acids is 3. The number of carbonyl (C=O) groups is 4. The van der Waals surface area contributed by atoms with Crippen molar-refractivity contribution >= 4 is 43.9 Å². The van der Waals surface area contributed by atoms with Crippen LogP contribution in [0.25, 0.3) is 11.1 Å². The van der Waals surface area contributed by atoms with Crippen LogP contribution in [-0.2, 0) is 32.2 Å². The summed E-state index contributed by atoms with van der Waals surface area (Å²) < 4.78 is 42.3. The number of nitrogens with zero attached hydrogens (tertiary/aromatic N) is 2. The van der Waals surface area contributed by atoms with Crippen LogP contribution in [0.2, 0.25) is 25.7 Å². The zero-order valence-electron chi connectivity index (χ0n) is 34.6. The highest BCUT2D eigenvalue weighted by Gasteiger charge is 2.37. The Bertz CT molecular complexity index is 2010. The van der Waals surface area contributed by atoms with Gasteiger partial charge in [-0.15, -0.1) is 11.8 Å². The minimum absolute atomic E-state index is 0.0432. The van der Waals surface area contributed by atoms with Crippen molar-refractivity contribution in [2.75, 3.05) is 31.2 Å². The van der Waals surface area contributed by atoms with E-state index < -0.39 is 55.4 Å². The molecule has 0 aliphatic rings.